The minimum Gasteiger partial charge on any atom is -0.494 e. The number of benzene rings is 1. The summed E-state index contributed by atoms with van der Waals surface area (Å²) in [5.74, 6) is 1.53. The molecule has 142 valence electrons. The molecule has 0 aliphatic heterocycles. The Hall–Kier alpha value is -2.28. The number of ether oxygens (including phenoxy) is 1. The van der Waals surface area contributed by atoms with E-state index in [2.05, 4.69) is 28.5 Å². The molecule has 2 rings (SSSR count). The second kappa shape index (κ2) is 8.40. The number of sulfonamides is 1. The molecule has 0 fully saturated rings. The van der Waals surface area contributed by atoms with Crippen LogP contribution in [0.3, 0.4) is 0 Å². The average molecular weight is 378 g/mol. The SMILES string of the molecule is CCOc1cc(C)c(S(=O)(=O)Nc2ccc(N(CC)CC)nc2)cc1C. The number of aryl methyl sites for hydroxylation is 2. The van der Waals surface area contributed by atoms with E-state index in [1.807, 2.05) is 19.9 Å². The molecule has 0 spiro atoms. The molecule has 6 nitrogen and oxygen atoms in total. The summed E-state index contributed by atoms with van der Waals surface area (Å²) in [4.78, 5) is 6.69. The van der Waals surface area contributed by atoms with Crippen LogP contribution in [-0.2, 0) is 10.0 Å². The average Bonchev–Trinajstić information content (AvgIpc) is 2.60. The Morgan fingerprint density at radius 2 is 1.77 bits per heavy atom. The Morgan fingerprint density at radius 3 is 2.31 bits per heavy atom. The summed E-state index contributed by atoms with van der Waals surface area (Å²) in [5.41, 5.74) is 1.86. The van der Waals surface area contributed by atoms with Crippen LogP contribution in [0.2, 0.25) is 0 Å². The van der Waals surface area contributed by atoms with Crippen LogP contribution in [0.25, 0.3) is 0 Å². The van der Waals surface area contributed by atoms with Crippen LogP contribution in [0.4, 0.5) is 11.5 Å². The van der Waals surface area contributed by atoms with Crippen molar-refractivity contribution in [2.75, 3.05) is 29.3 Å². The molecule has 0 unspecified atom stereocenters. The molecule has 1 aromatic heterocycles. The fourth-order valence-corrected chi connectivity index (χ4v) is 4.11. The van der Waals surface area contributed by atoms with Crippen molar-refractivity contribution in [3.05, 3.63) is 41.6 Å². The summed E-state index contributed by atoms with van der Waals surface area (Å²) in [6, 6.07) is 6.95. The molecular weight excluding hydrogens is 350 g/mol. The lowest BCUT2D eigenvalue weighted by Gasteiger charge is -2.20. The number of hydrogen-bond acceptors (Lipinski definition) is 5. The summed E-state index contributed by atoms with van der Waals surface area (Å²) in [5, 5.41) is 0. The van der Waals surface area contributed by atoms with Crippen molar-refractivity contribution >= 4 is 21.5 Å². The third kappa shape index (κ3) is 4.46. The number of nitrogens with one attached hydrogen (secondary N) is 1. The van der Waals surface area contributed by atoms with Gasteiger partial charge in [-0.2, -0.15) is 0 Å². The van der Waals surface area contributed by atoms with Crippen molar-refractivity contribution in [3.8, 4) is 5.75 Å². The van der Waals surface area contributed by atoms with E-state index in [4.69, 9.17) is 4.74 Å². The smallest absolute Gasteiger partial charge is 0.262 e. The highest BCUT2D eigenvalue weighted by atomic mass is 32.2. The van der Waals surface area contributed by atoms with E-state index < -0.39 is 10.0 Å². The highest BCUT2D eigenvalue weighted by Crippen LogP contribution is 2.27. The maximum atomic E-state index is 12.8. The van der Waals surface area contributed by atoms with E-state index >= 15 is 0 Å². The predicted molar refractivity (Wildman–Crippen MR) is 106 cm³/mol. The Morgan fingerprint density at radius 1 is 1.08 bits per heavy atom. The summed E-state index contributed by atoms with van der Waals surface area (Å²) in [7, 11) is -3.70. The highest BCUT2D eigenvalue weighted by molar-refractivity contribution is 7.92. The lowest BCUT2D eigenvalue weighted by molar-refractivity contribution is 0.337. The molecule has 0 aliphatic carbocycles. The molecule has 7 heteroatoms. The summed E-state index contributed by atoms with van der Waals surface area (Å²) < 4.78 is 33.7. The largest absolute Gasteiger partial charge is 0.494 e. The van der Waals surface area contributed by atoms with Crippen LogP contribution in [0.5, 0.6) is 5.75 Å². The van der Waals surface area contributed by atoms with Crippen molar-refractivity contribution in [2.45, 2.75) is 39.5 Å². The van der Waals surface area contributed by atoms with Gasteiger partial charge in [-0.05, 0) is 70.0 Å². The first-order valence-corrected chi connectivity index (χ1v) is 10.3. The van der Waals surface area contributed by atoms with Crippen molar-refractivity contribution in [3.63, 3.8) is 0 Å². The summed E-state index contributed by atoms with van der Waals surface area (Å²) >= 11 is 0. The lowest BCUT2D eigenvalue weighted by atomic mass is 10.1. The van der Waals surface area contributed by atoms with Gasteiger partial charge in [-0.3, -0.25) is 4.72 Å². The Bertz CT molecular complexity index is 845. The number of anilines is 2. The third-order valence-corrected chi connectivity index (χ3v) is 5.67. The molecule has 0 atom stereocenters. The van der Waals surface area contributed by atoms with Gasteiger partial charge in [0.05, 0.1) is 23.4 Å². The standard InChI is InChI=1S/C19H27N3O3S/c1-6-22(7-2)19-10-9-16(13-20-19)21-26(23,24)18-12-14(4)17(25-8-3)11-15(18)5/h9-13,21H,6-8H2,1-5H3. The number of pyridine rings is 1. The predicted octanol–water partition coefficient (Wildman–Crippen LogP) is 3.74. The van der Waals surface area contributed by atoms with Gasteiger partial charge in [0.15, 0.2) is 0 Å². The fourth-order valence-electron chi connectivity index (χ4n) is 2.75. The number of hydrogen-bond donors (Lipinski definition) is 1. The maximum absolute atomic E-state index is 12.8. The number of nitrogens with zero attached hydrogens (tertiary/aromatic N) is 2. The van der Waals surface area contributed by atoms with Crippen LogP contribution in [0, 0.1) is 13.8 Å². The van der Waals surface area contributed by atoms with Crippen LogP contribution in [0.15, 0.2) is 35.4 Å². The van der Waals surface area contributed by atoms with Gasteiger partial charge < -0.3 is 9.64 Å². The van der Waals surface area contributed by atoms with E-state index in [1.165, 1.54) is 0 Å². The highest BCUT2D eigenvalue weighted by Gasteiger charge is 2.19. The van der Waals surface area contributed by atoms with Crippen molar-refractivity contribution in [1.29, 1.82) is 0 Å². The normalized spacial score (nSPS) is 11.3. The second-order valence-electron chi connectivity index (χ2n) is 6.00. The topological polar surface area (TPSA) is 71.5 Å². The lowest BCUT2D eigenvalue weighted by Crippen LogP contribution is -2.23. The molecule has 26 heavy (non-hydrogen) atoms. The summed E-state index contributed by atoms with van der Waals surface area (Å²) in [6.45, 7) is 11.8. The molecule has 0 amide bonds. The molecule has 0 bridgehead atoms. The molecule has 1 aromatic carbocycles. The molecule has 0 aliphatic rings. The van der Waals surface area contributed by atoms with Crippen LogP contribution < -0.4 is 14.4 Å². The van der Waals surface area contributed by atoms with Gasteiger partial charge in [0.1, 0.15) is 11.6 Å². The fraction of sp³-hybridized carbons (Fsp3) is 0.421. The van der Waals surface area contributed by atoms with E-state index in [9.17, 15) is 8.42 Å². The van der Waals surface area contributed by atoms with Crippen molar-refractivity contribution < 1.29 is 13.2 Å². The monoisotopic (exact) mass is 377 g/mol. The zero-order valence-electron chi connectivity index (χ0n) is 16.0. The van der Waals surface area contributed by atoms with Gasteiger partial charge in [0.2, 0.25) is 0 Å². The third-order valence-electron chi connectivity index (χ3n) is 4.15. The molecule has 2 aromatic rings. The van der Waals surface area contributed by atoms with Crippen molar-refractivity contribution in [1.82, 2.24) is 4.98 Å². The van der Waals surface area contributed by atoms with Gasteiger partial charge in [0, 0.05) is 13.1 Å². The van der Waals surface area contributed by atoms with Gasteiger partial charge in [-0.25, -0.2) is 13.4 Å². The van der Waals surface area contributed by atoms with Crippen LogP contribution >= 0.6 is 0 Å². The first-order chi connectivity index (χ1) is 12.3. The second-order valence-corrected chi connectivity index (χ2v) is 7.65. The molecule has 1 heterocycles. The Labute approximate surface area is 156 Å². The van der Waals surface area contributed by atoms with E-state index in [0.29, 0.717) is 23.6 Å². The van der Waals surface area contributed by atoms with Crippen LogP contribution in [0.1, 0.15) is 31.9 Å². The van der Waals surface area contributed by atoms with Crippen LogP contribution in [-0.4, -0.2) is 33.1 Å². The van der Waals surface area contributed by atoms with Crippen molar-refractivity contribution in [2.24, 2.45) is 0 Å². The first-order valence-electron chi connectivity index (χ1n) is 8.80. The zero-order chi connectivity index (χ0) is 19.3. The van der Waals surface area contributed by atoms with Gasteiger partial charge in [-0.1, -0.05) is 0 Å². The van der Waals surface area contributed by atoms with Gasteiger partial charge >= 0.3 is 0 Å². The molecule has 0 saturated carbocycles. The number of rotatable bonds is 8. The van der Waals surface area contributed by atoms with E-state index in [1.54, 1.807) is 31.3 Å². The van der Waals surface area contributed by atoms with Gasteiger partial charge in [-0.15, -0.1) is 0 Å². The minimum atomic E-state index is -3.70. The molecule has 0 radical (unpaired) electrons. The van der Waals surface area contributed by atoms with E-state index in [0.717, 1.165) is 24.5 Å². The summed E-state index contributed by atoms with van der Waals surface area (Å²) in [6.07, 6.45) is 1.54. The molecule has 1 N–H and O–H groups in total. The number of aromatic nitrogens is 1. The molecule has 0 saturated heterocycles. The minimum absolute atomic E-state index is 0.242. The van der Waals surface area contributed by atoms with E-state index in [-0.39, 0.29) is 4.90 Å². The Kier molecular flexibility index (Phi) is 6.47. The molecular formula is C19H27N3O3S. The Balaban J connectivity index is 2.27. The quantitative estimate of drug-likeness (QED) is 0.759. The van der Waals surface area contributed by atoms with Gasteiger partial charge in [0.25, 0.3) is 10.0 Å². The zero-order valence-corrected chi connectivity index (χ0v) is 16.9. The first kappa shape index (κ1) is 20.0. The maximum Gasteiger partial charge on any atom is 0.262 e.